The second-order valence-electron chi connectivity index (χ2n) is 3.33. The lowest BCUT2D eigenvalue weighted by atomic mass is 10.1. The fraction of sp³-hybridized carbons (Fsp3) is 1.00. The van der Waals surface area contributed by atoms with Crippen LogP contribution in [0, 0.1) is 5.92 Å². The Labute approximate surface area is 84.8 Å². The Bertz CT molecular complexity index is 134. The minimum Gasteiger partial charge on any atom is -0.396 e. The van der Waals surface area contributed by atoms with E-state index in [9.17, 15) is 0 Å². The van der Waals surface area contributed by atoms with Gasteiger partial charge in [-0.05, 0) is 0 Å². The molecular formula is C9H21NO4. The molecule has 0 heterocycles. The van der Waals surface area contributed by atoms with E-state index in [4.69, 9.17) is 25.4 Å². The largest absolute Gasteiger partial charge is 0.396 e. The molecule has 5 nitrogen and oxygen atoms in total. The minimum absolute atomic E-state index is 0.0184. The molecule has 0 aromatic carbocycles. The van der Waals surface area contributed by atoms with Crippen molar-refractivity contribution in [3.63, 3.8) is 0 Å². The number of ether oxygens (including phenoxy) is 2. The summed E-state index contributed by atoms with van der Waals surface area (Å²) < 4.78 is 10.4. The molecule has 0 aliphatic rings. The molecule has 0 fully saturated rings. The predicted octanol–water partition coefficient (Wildman–Crippen LogP) is -1.03. The van der Waals surface area contributed by atoms with Crippen LogP contribution in [-0.2, 0) is 9.47 Å². The van der Waals surface area contributed by atoms with Gasteiger partial charge in [-0.25, -0.2) is 0 Å². The summed E-state index contributed by atoms with van der Waals surface area (Å²) in [6.07, 6.45) is -0.616. The van der Waals surface area contributed by atoms with Crippen molar-refractivity contribution in [2.75, 3.05) is 33.5 Å². The zero-order valence-corrected chi connectivity index (χ0v) is 8.85. The van der Waals surface area contributed by atoms with Crippen molar-refractivity contribution < 1.29 is 19.7 Å². The smallest absolute Gasteiger partial charge is 0.0935 e. The summed E-state index contributed by atoms with van der Waals surface area (Å²) in [5.74, 6) is -0.106. The third-order valence-electron chi connectivity index (χ3n) is 2.09. The second-order valence-corrected chi connectivity index (χ2v) is 3.33. The fourth-order valence-corrected chi connectivity index (χ4v) is 1.07. The van der Waals surface area contributed by atoms with Gasteiger partial charge >= 0.3 is 0 Å². The molecule has 3 atom stereocenters. The van der Waals surface area contributed by atoms with Gasteiger partial charge in [0.1, 0.15) is 0 Å². The highest BCUT2D eigenvalue weighted by Gasteiger charge is 2.20. The molecule has 0 bridgehead atoms. The van der Waals surface area contributed by atoms with E-state index in [1.165, 1.54) is 0 Å². The Morgan fingerprint density at radius 2 is 1.93 bits per heavy atom. The molecule has 0 saturated heterocycles. The number of aliphatic hydroxyl groups excluding tert-OH is 2. The third kappa shape index (κ3) is 4.88. The number of nitrogens with two attached hydrogens (primary N) is 1. The highest BCUT2D eigenvalue weighted by molar-refractivity contribution is 4.68. The maximum Gasteiger partial charge on any atom is 0.0935 e. The summed E-state index contributed by atoms with van der Waals surface area (Å²) >= 11 is 0. The molecule has 0 aliphatic heterocycles. The van der Waals surface area contributed by atoms with Gasteiger partial charge in [-0.1, -0.05) is 6.92 Å². The minimum atomic E-state index is -0.385. The lowest BCUT2D eigenvalue weighted by Gasteiger charge is -2.25. The Morgan fingerprint density at radius 3 is 2.29 bits per heavy atom. The van der Waals surface area contributed by atoms with E-state index >= 15 is 0 Å². The van der Waals surface area contributed by atoms with Gasteiger partial charge in [-0.2, -0.15) is 0 Å². The molecule has 0 aromatic heterocycles. The summed E-state index contributed by atoms with van der Waals surface area (Å²) in [6.45, 7) is 2.40. The predicted molar refractivity (Wildman–Crippen MR) is 52.9 cm³/mol. The summed E-state index contributed by atoms with van der Waals surface area (Å²) in [5.41, 5.74) is 5.45. The van der Waals surface area contributed by atoms with Crippen molar-refractivity contribution in [3.8, 4) is 0 Å². The van der Waals surface area contributed by atoms with E-state index in [0.29, 0.717) is 13.2 Å². The van der Waals surface area contributed by atoms with Crippen LogP contribution in [0.2, 0.25) is 0 Å². The molecule has 2 unspecified atom stereocenters. The second kappa shape index (κ2) is 8.14. The van der Waals surface area contributed by atoms with Gasteiger partial charge in [0.2, 0.25) is 0 Å². The Hall–Kier alpha value is -0.200. The molecular weight excluding hydrogens is 186 g/mol. The first-order valence-electron chi connectivity index (χ1n) is 4.75. The highest BCUT2D eigenvalue weighted by atomic mass is 16.5. The summed E-state index contributed by atoms with van der Waals surface area (Å²) in [5, 5.41) is 17.9. The van der Waals surface area contributed by atoms with Crippen LogP contribution in [0.3, 0.4) is 0 Å². The summed E-state index contributed by atoms with van der Waals surface area (Å²) in [7, 11) is 1.56. The van der Waals surface area contributed by atoms with Crippen molar-refractivity contribution in [1.29, 1.82) is 0 Å². The van der Waals surface area contributed by atoms with Gasteiger partial charge in [0.15, 0.2) is 0 Å². The SMILES string of the molecule is COCC(CN)OC(CO)[C@@H](C)CO. The number of methoxy groups -OCH3 is 1. The summed E-state index contributed by atoms with van der Waals surface area (Å²) in [6, 6.07) is 0. The maximum atomic E-state index is 9.02. The first-order valence-corrected chi connectivity index (χ1v) is 4.75. The van der Waals surface area contributed by atoms with E-state index in [0.717, 1.165) is 0 Å². The number of rotatable bonds is 8. The molecule has 0 amide bonds. The molecule has 0 rings (SSSR count). The van der Waals surface area contributed by atoms with Gasteiger partial charge in [-0.3, -0.25) is 0 Å². The molecule has 0 saturated carbocycles. The van der Waals surface area contributed by atoms with Gasteiger partial charge in [0.05, 0.1) is 25.4 Å². The topological polar surface area (TPSA) is 84.9 Å². The van der Waals surface area contributed by atoms with E-state index in [-0.39, 0.29) is 31.3 Å². The lowest BCUT2D eigenvalue weighted by molar-refractivity contribution is -0.0904. The monoisotopic (exact) mass is 207 g/mol. The molecule has 0 aromatic rings. The van der Waals surface area contributed by atoms with Crippen molar-refractivity contribution >= 4 is 0 Å². The van der Waals surface area contributed by atoms with Crippen molar-refractivity contribution in [2.45, 2.75) is 19.1 Å². The van der Waals surface area contributed by atoms with E-state index < -0.39 is 0 Å². The van der Waals surface area contributed by atoms with Crippen LogP contribution in [0.4, 0.5) is 0 Å². The molecule has 4 N–H and O–H groups in total. The van der Waals surface area contributed by atoms with Crippen molar-refractivity contribution in [3.05, 3.63) is 0 Å². The lowest BCUT2D eigenvalue weighted by Crippen LogP contribution is -2.38. The Morgan fingerprint density at radius 1 is 1.29 bits per heavy atom. The average Bonchev–Trinajstić information content (AvgIpc) is 2.23. The van der Waals surface area contributed by atoms with E-state index in [1.54, 1.807) is 14.0 Å². The van der Waals surface area contributed by atoms with Crippen molar-refractivity contribution in [1.82, 2.24) is 0 Å². The van der Waals surface area contributed by atoms with Crippen LogP contribution >= 0.6 is 0 Å². The van der Waals surface area contributed by atoms with Gasteiger partial charge in [0, 0.05) is 26.2 Å². The third-order valence-corrected chi connectivity index (χ3v) is 2.09. The Balaban J connectivity index is 3.99. The summed E-state index contributed by atoms with van der Waals surface area (Å²) in [4.78, 5) is 0. The van der Waals surface area contributed by atoms with Crippen LogP contribution in [0.5, 0.6) is 0 Å². The molecule has 14 heavy (non-hydrogen) atoms. The highest BCUT2D eigenvalue weighted by Crippen LogP contribution is 2.09. The van der Waals surface area contributed by atoms with Crippen molar-refractivity contribution in [2.24, 2.45) is 11.7 Å². The van der Waals surface area contributed by atoms with E-state index in [2.05, 4.69) is 0 Å². The van der Waals surface area contributed by atoms with Gasteiger partial charge in [-0.15, -0.1) is 0 Å². The van der Waals surface area contributed by atoms with Crippen LogP contribution in [0.1, 0.15) is 6.92 Å². The molecule has 0 aliphatic carbocycles. The number of hydrogen-bond donors (Lipinski definition) is 3. The standard InChI is InChI=1S/C9H21NO4/c1-7(4-11)9(5-12)14-8(3-10)6-13-2/h7-9,11-12H,3-6,10H2,1-2H3/t7-,8?,9?/m0/s1. The quantitative estimate of drug-likeness (QED) is 0.474. The molecule has 86 valence electrons. The van der Waals surface area contributed by atoms with Gasteiger partial charge < -0.3 is 25.4 Å². The normalized spacial score (nSPS) is 17.8. The van der Waals surface area contributed by atoms with Gasteiger partial charge in [0.25, 0.3) is 0 Å². The maximum absolute atomic E-state index is 9.02. The zero-order valence-electron chi connectivity index (χ0n) is 8.85. The number of aliphatic hydroxyl groups is 2. The first kappa shape index (κ1) is 13.8. The average molecular weight is 207 g/mol. The Kier molecular flexibility index (Phi) is 8.02. The molecule has 5 heteroatoms. The molecule has 0 spiro atoms. The number of hydrogen-bond acceptors (Lipinski definition) is 5. The van der Waals surface area contributed by atoms with Crippen LogP contribution in [-0.4, -0.2) is 55.9 Å². The van der Waals surface area contributed by atoms with Crippen LogP contribution < -0.4 is 5.73 Å². The van der Waals surface area contributed by atoms with Crippen LogP contribution in [0.15, 0.2) is 0 Å². The van der Waals surface area contributed by atoms with Crippen LogP contribution in [0.25, 0.3) is 0 Å². The van der Waals surface area contributed by atoms with E-state index in [1.807, 2.05) is 0 Å². The molecule has 0 radical (unpaired) electrons. The zero-order chi connectivity index (χ0) is 11.0. The fourth-order valence-electron chi connectivity index (χ4n) is 1.07. The first-order chi connectivity index (χ1) is 6.69.